The van der Waals surface area contributed by atoms with Gasteiger partial charge in [-0.25, -0.2) is 9.37 Å². The lowest BCUT2D eigenvalue weighted by Gasteiger charge is -2.30. The molecule has 2 N–H and O–H groups in total. The number of hydrogen-bond donors (Lipinski definition) is 1. The first-order valence-corrected chi connectivity index (χ1v) is 8.20. The second-order valence-electron chi connectivity index (χ2n) is 5.57. The Morgan fingerprint density at radius 1 is 1.29 bits per heavy atom. The van der Waals surface area contributed by atoms with Crippen molar-refractivity contribution in [2.45, 2.75) is 19.4 Å². The Bertz CT molecular complexity index is 591. The van der Waals surface area contributed by atoms with Crippen LogP contribution in [0.4, 0.5) is 4.39 Å². The molecular weight excluding hydrogens is 285 g/mol. The molecule has 1 saturated heterocycles. The van der Waals surface area contributed by atoms with Crippen LogP contribution in [-0.4, -0.2) is 29.5 Å². The summed E-state index contributed by atoms with van der Waals surface area (Å²) in [4.78, 5) is 8.00. The third kappa shape index (κ3) is 3.48. The minimum absolute atomic E-state index is 0.206. The molecule has 1 aromatic carbocycles. The summed E-state index contributed by atoms with van der Waals surface area (Å²) >= 11 is 1.58. The largest absolute Gasteiger partial charge is 0.330 e. The lowest BCUT2D eigenvalue weighted by molar-refractivity contribution is 0.182. The smallest absolute Gasteiger partial charge is 0.133 e. The Kier molecular flexibility index (Phi) is 4.63. The normalized spacial score (nSPS) is 17.2. The van der Waals surface area contributed by atoms with Gasteiger partial charge in [0.15, 0.2) is 0 Å². The fourth-order valence-electron chi connectivity index (χ4n) is 2.74. The maximum Gasteiger partial charge on any atom is 0.133 e. The molecule has 0 amide bonds. The second kappa shape index (κ2) is 6.64. The van der Waals surface area contributed by atoms with Crippen molar-refractivity contribution in [1.82, 2.24) is 9.88 Å². The number of aromatic nitrogens is 1. The monoisotopic (exact) mass is 305 g/mol. The first kappa shape index (κ1) is 14.6. The van der Waals surface area contributed by atoms with Crippen LogP contribution in [0.1, 0.15) is 17.7 Å². The van der Waals surface area contributed by atoms with Crippen LogP contribution >= 0.6 is 11.3 Å². The van der Waals surface area contributed by atoms with Gasteiger partial charge in [-0.05, 0) is 50.5 Å². The highest BCUT2D eigenvalue weighted by Crippen LogP contribution is 2.28. The molecule has 0 spiro atoms. The Hall–Kier alpha value is -1.30. The van der Waals surface area contributed by atoms with Gasteiger partial charge in [0.2, 0.25) is 0 Å². The molecule has 0 radical (unpaired) electrons. The minimum atomic E-state index is -0.206. The van der Waals surface area contributed by atoms with Crippen molar-refractivity contribution in [3.8, 4) is 10.6 Å². The number of nitrogens with two attached hydrogens (primary N) is 1. The highest BCUT2D eigenvalue weighted by Gasteiger charge is 2.19. The zero-order valence-corrected chi connectivity index (χ0v) is 12.8. The minimum Gasteiger partial charge on any atom is -0.330 e. The van der Waals surface area contributed by atoms with Gasteiger partial charge in [-0.15, -0.1) is 11.3 Å². The SMILES string of the molecule is NCC1CCN(Cc2cnc(-c3ccccc3F)s2)CC1. The summed E-state index contributed by atoms with van der Waals surface area (Å²) in [5, 5.41) is 0.764. The van der Waals surface area contributed by atoms with Crippen molar-refractivity contribution in [2.75, 3.05) is 19.6 Å². The van der Waals surface area contributed by atoms with E-state index in [0.29, 0.717) is 11.5 Å². The van der Waals surface area contributed by atoms with E-state index in [2.05, 4.69) is 9.88 Å². The summed E-state index contributed by atoms with van der Waals surface area (Å²) < 4.78 is 13.8. The van der Waals surface area contributed by atoms with Gasteiger partial charge >= 0.3 is 0 Å². The zero-order chi connectivity index (χ0) is 14.7. The maximum atomic E-state index is 13.8. The molecular formula is C16H20FN3S. The van der Waals surface area contributed by atoms with Gasteiger partial charge in [-0.1, -0.05) is 12.1 Å². The van der Waals surface area contributed by atoms with Gasteiger partial charge in [0.1, 0.15) is 10.8 Å². The van der Waals surface area contributed by atoms with E-state index in [4.69, 9.17) is 5.73 Å². The summed E-state index contributed by atoms with van der Waals surface area (Å²) in [7, 11) is 0. The van der Waals surface area contributed by atoms with Gasteiger partial charge in [-0.2, -0.15) is 0 Å². The van der Waals surface area contributed by atoms with E-state index in [1.54, 1.807) is 23.5 Å². The Morgan fingerprint density at radius 3 is 2.76 bits per heavy atom. The number of likely N-dealkylation sites (tertiary alicyclic amines) is 1. The van der Waals surface area contributed by atoms with Crippen LogP contribution < -0.4 is 5.73 Å². The molecule has 0 atom stereocenters. The quantitative estimate of drug-likeness (QED) is 0.943. The van der Waals surface area contributed by atoms with Gasteiger partial charge in [-0.3, -0.25) is 4.90 Å². The maximum absolute atomic E-state index is 13.8. The third-order valence-electron chi connectivity index (χ3n) is 4.08. The topological polar surface area (TPSA) is 42.1 Å². The zero-order valence-electron chi connectivity index (χ0n) is 12.0. The van der Waals surface area contributed by atoms with Crippen molar-refractivity contribution in [3.63, 3.8) is 0 Å². The summed E-state index contributed by atoms with van der Waals surface area (Å²) in [6, 6.07) is 6.81. The predicted molar refractivity (Wildman–Crippen MR) is 84.6 cm³/mol. The van der Waals surface area contributed by atoms with E-state index in [-0.39, 0.29) is 5.82 Å². The molecule has 3 rings (SSSR count). The van der Waals surface area contributed by atoms with E-state index in [1.165, 1.54) is 23.8 Å². The highest BCUT2D eigenvalue weighted by molar-refractivity contribution is 7.15. The second-order valence-corrected chi connectivity index (χ2v) is 6.68. The molecule has 1 aliphatic rings. The predicted octanol–water partition coefficient (Wildman–Crippen LogP) is 3.12. The molecule has 112 valence electrons. The van der Waals surface area contributed by atoms with Gasteiger partial charge in [0.25, 0.3) is 0 Å². The number of halogens is 1. The number of rotatable bonds is 4. The molecule has 5 heteroatoms. The van der Waals surface area contributed by atoms with Crippen LogP contribution in [0.2, 0.25) is 0 Å². The van der Waals surface area contributed by atoms with Gasteiger partial charge in [0, 0.05) is 23.2 Å². The number of hydrogen-bond acceptors (Lipinski definition) is 4. The van der Waals surface area contributed by atoms with Gasteiger partial charge in [0.05, 0.1) is 0 Å². The van der Waals surface area contributed by atoms with Crippen molar-refractivity contribution >= 4 is 11.3 Å². The van der Waals surface area contributed by atoms with Crippen LogP contribution in [0.15, 0.2) is 30.5 Å². The van der Waals surface area contributed by atoms with Crippen LogP contribution in [0.5, 0.6) is 0 Å². The lowest BCUT2D eigenvalue weighted by atomic mass is 9.97. The molecule has 21 heavy (non-hydrogen) atoms. The van der Waals surface area contributed by atoms with Crippen LogP contribution in [0, 0.1) is 11.7 Å². The molecule has 1 fully saturated rings. The summed E-state index contributed by atoms with van der Waals surface area (Å²) in [6.45, 7) is 3.89. The molecule has 2 heterocycles. The third-order valence-corrected chi connectivity index (χ3v) is 5.09. The van der Waals surface area contributed by atoms with Crippen LogP contribution in [-0.2, 0) is 6.54 Å². The number of thiazole rings is 1. The molecule has 0 aliphatic carbocycles. The molecule has 0 unspecified atom stereocenters. The van der Waals surface area contributed by atoms with Gasteiger partial charge < -0.3 is 5.73 Å². The average molecular weight is 305 g/mol. The summed E-state index contributed by atoms with van der Waals surface area (Å²) in [5.74, 6) is 0.471. The molecule has 1 aliphatic heterocycles. The Labute approximate surface area is 128 Å². The Balaban J connectivity index is 1.65. The number of piperidine rings is 1. The first-order chi connectivity index (χ1) is 10.3. The Morgan fingerprint density at radius 2 is 2.05 bits per heavy atom. The molecule has 0 saturated carbocycles. The van der Waals surface area contributed by atoms with E-state index in [1.807, 2.05) is 12.3 Å². The summed E-state index contributed by atoms with van der Waals surface area (Å²) in [5.41, 5.74) is 6.31. The number of benzene rings is 1. The van der Waals surface area contributed by atoms with Crippen LogP contribution in [0.25, 0.3) is 10.6 Å². The lowest BCUT2D eigenvalue weighted by Crippen LogP contribution is -2.35. The molecule has 2 aromatic rings. The molecule has 3 nitrogen and oxygen atoms in total. The molecule has 0 bridgehead atoms. The van der Waals surface area contributed by atoms with E-state index in [9.17, 15) is 4.39 Å². The average Bonchev–Trinajstić information content (AvgIpc) is 2.97. The van der Waals surface area contributed by atoms with Crippen molar-refractivity contribution in [1.29, 1.82) is 0 Å². The van der Waals surface area contributed by atoms with E-state index >= 15 is 0 Å². The fourth-order valence-corrected chi connectivity index (χ4v) is 3.72. The number of nitrogens with zero attached hydrogens (tertiary/aromatic N) is 2. The van der Waals surface area contributed by atoms with Crippen molar-refractivity contribution in [2.24, 2.45) is 11.7 Å². The van der Waals surface area contributed by atoms with Crippen molar-refractivity contribution < 1.29 is 4.39 Å². The van der Waals surface area contributed by atoms with Crippen LogP contribution in [0.3, 0.4) is 0 Å². The van der Waals surface area contributed by atoms with E-state index < -0.39 is 0 Å². The summed E-state index contributed by atoms with van der Waals surface area (Å²) in [6.07, 6.45) is 4.23. The standard InChI is InChI=1S/C16H20FN3S/c17-15-4-2-1-3-14(15)16-19-10-13(21-16)11-20-7-5-12(9-18)6-8-20/h1-4,10,12H,5-9,11,18H2. The van der Waals surface area contributed by atoms with E-state index in [0.717, 1.165) is 31.2 Å². The van der Waals surface area contributed by atoms with Crippen molar-refractivity contribution in [3.05, 3.63) is 41.2 Å². The highest BCUT2D eigenvalue weighted by atomic mass is 32.1. The first-order valence-electron chi connectivity index (χ1n) is 7.38. The molecule has 1 aromatic heterocycles. The fraction of sp³-hybridized carbons (Fsp3) is 0.438.